The molecule has 73 valence electrons. The predicted molar refractivity (Wildman–Crippen MR) is 65.0 cm³/mol. The lowest BCUT2D eigenvalue weighted by molar-refractivity contribution is 1.15. The molecule has 0 fully saturated rings. The van der Waals surface area contributed by atoms with Gasteiger partial charge < -0.3 is 0 Å². The van der Waals surface area contributed by atoms with Crippen LogP contribution in [0, 0.1) is 6.07 Å². The van der Waals surface area contributed by atoms with E-state index in [0.717, 1.165) is 4.90 Å². The first kappa shape index (κ1) is 9.64. The highest BCUT2D eigenvalue weighted by molar-refractivity contribution is 8.05. The van der Waals surface area contributed by atoms with E-state index in [0.29, 0.717) is 5.02 Å². The Hall–Kier alpha value is -0.570. The number of halogens is 1. The van der Waals surface area contributed by atoms with Crippen LogP contribution in [0.1, 0.15) is 0 Å². The molecular formula is C12H6ClS2. The van der Waals surface area contributed by atoms with Crippen molar-refractivity contribution in [3.63, 3.8) is 0 Å². The monoisotopic (exact) mass is 249 g/mol. The highest BCUT2D eigenvalue weighted by Crippen LogP contribution is 2.48. The zero-order chi connectivity index (χ0) is 10.3. The molecule has 1 radical (unpaired) electrons. The van der Waals surface area contributed by atoms with E-state index in [2.05, 4.69) is 36.4 Å². The van der Waals surface area contributed by atoms with Crippen LogP contribution in [0.5, 0.6) is 0 Å². The van der Waals surface area contributed by atoms with Gasteiger partial charge in [0.1, 0.15) is 0 Å². The normalized spacial score (nSPS) is 13.1. The summed E-state index contributed by atoms with van der Waals surface area (Å²) in [4.78, 5) is 4.97. The van der Waals surface area contributed by atoms with E-state index < -0.39 is 0 Å². The summed E-state index contributed by atoms with van der Waals surface area (Å²) in [5.41, 5.74) is 0. The molecule has 0 atom stereocenters. The molecule has 2 aromatic rings. The summed E-state index contributed by atoms with van der Waals surface area (Å²) in [5, 5.41) is 0.682. The summed E-state index contributed by atoms with van der Waals surface area (Å²) in [6.07, 6.45) is 0. The molecule has 1 heterocycles. The third-order valence-electron chi connectivity index (χ3n) is 2.12. The minimum atomic E-state index is 0.682. The van der Waals surface area contributed by atoms with Crippen LogP contribution in [0.2, 0.25) is 5.02 Å². The molecule has 0 bridgehead atoms. The van der Waals surface area contributed by atoms with Crippen molar-refractivity contribution < 1.29 is 0 Å². The van der Waals surface area contributed by atoms with Gasteiger partial charge in [0.2, 0.25) is 0 Å². The van der Waals surface area contributed by atoms with Gasteiger partial charge in [0.05, 0.1) is 0 Å². The van der Waals surface area contributed by atoms with E-state index in [1.807, 2.05) is 6.07 Å². The van der Waals surface area contributed by atoms with E-state index in [1.54, 1.807) is 23.5 Å². The largest absolute Gasteiger partial charge is 0.0877 e. The molecule has 0 nitrogen and oxygen atoms in total. The molecule has 0 saturated carbocycles. The molecule has 0 N–H and O–H groups in total. The minimum absolute atomic E-state index is 0.682. The molecule has 0 aliphatic carbocycles. The van der Waals surface area contributed by atoms with Gasteiger partial charge in [-0.3, -0.25) is 0 Å². The summed E-state index contributed by atoms with van der Waals surface area (Å²) >= 11 is 9.44. The van der Waals surface area contributed by atoms with Crippen LogP contribution in [-0.4, -0.2) is 0 Å². The summed E-state index contributed by atoms with van der Waals surface area (Å²) in [5.74, 6) is 0. The standard InChI is InChI=1S/C12H6ClS2/c13-8-5-6-11-12(7-8)15-10-4-2-1-3-9(10)14-11/h1-6H. The van der Waals surface area contributed by atoms with E-state index in [9.17, 15) is 0 Å². The molecule has 0 aromatic heterocycles. The maximum absolute atomic E-state index is 5.93. The Bertz CT molecular complexity index is 523. The van der Waals surface area contributed by atoms with Crippen molar-refractivity contribution >= 4 is 35.1 Å². The number of hydrogen-bond acceptors (Lipinski definition) is 2. The first-order valence-corrected chi connectivity index (χ1v) is 6.50. The van der Waals surface area contributed by atoms with Crippen LogP contribution < -0.4 is 0 Å². The minimum Gasteiger partial charge on any atom is -0.0877 e. The highest BCUT2D eigenvalue weighted by Gasteiger charge is 2.16. The van der Waals surface area contributed by atoms with Gasteiger partial charge in [0.25, 0.3) is 0 Å². The molecule has 3 heteroatoms. The first-order valence-electron chi connectivity index (χ1n) is 4.49. The van der Waals surface area contributed by atoms with Crippen molar-refractivity contribution in [1.82, 2.24) is 0 Å². The SMILES string of the molecule is Clc1[c]c2c(cc1)Sc1ccccc1S2. The molecule has 15 heavy (non-hydrogen) atoms. The number of fused-ring (bicyclic) bond motifs is 2. The van der Waals surface area contributed by atoms with Crippen LogP contribution >= 0.6 is 35.1 Å². The highest BCUT2D eigenvalue weighted by atomic mass is 35.5. The summed E-state index contributed by atoms with van der Waals surface area (Å²) in [6, 6.07) is 15.5. The first-order chi connectivity index (χ1) is 7.33. The van der Waals surface area contributed by atoms with Gasteiger partial charge in [0.15, 0.2) is 0 Å². The van der Waals surface area contributed by atoms with Crippen molar-refractivity contribution in [2.75, 3.05) is 0 Å². The van der Waals surface area contributed by atoms with E-state index in [1.165, 1.54) is 14.7 Å². The van der Waals surface area contributed by atoms with Crippen LogP contribution in [-0.2, 0) is 0 Å². The molecule has 0 spiro atoms. The fraction of sp³-hybridized carbons (Fsp3) is 0. The van der Waals surface area contributed by atoms with Gasteiger partial charge in [-0.2, -0.15) is 0 Å². The van der Waals surface area contributed by atoms with Gasteiger partial charge in [-0.15, -0.1) is 0 Å². The van der Waals surface area contributed by atoms with E-state index in [-0.39, 0.29) is 0 Å². The Labute approximate surface area is 102 Å². The number of hydrogen-bond donors (Lipinski definition) is 0. The number of rotatable bonds is 0. The average molecular weight is 250 g/mol. The number of benzene rings is 2. The van der Waals surface area contributed by atoms with Crippen LogP contribution in [0.4, 0.5) is 0 Å². The smallest absolute Gasteiger partial charge is 0.0497 e. The molecule has 1 aliphatic rings. The van der Waals surface area contributed by atoms with Crippen molar-refractivity contribution in [1.29, 1.82) is 0 Å². The van der Waals surface area contributed by atoms with Crippen LogP contribution in [0.15, 0.2) is 56.0 Å². The van der Waals surface area contributed by atoms with Gasteiger partial charge in [0, 0.05) is 30.7 Å². The predicted octanol–water partition coefficient (Wildman–Crippen LogP) is 4.76. The summed E-state index contributed by atoms with van der Waals surface area (Å²) in [7, 11) is 0. The van der Waals surface area contributed by atoms with Crippen molar-refractivity contribution in [3.05, 3.63) is 47.5 Å². The Morgan fingerprint density at radius 1 is 0.867 bits per heavy atom. The zero-order valence-corrected chi connectivity index (χ0v) is 10.0. The van der Waals surface area contributed by atoms with Crippen molar-refractivity contribution in [3.8, 4) is 0 Å². The maximum Gasteiger partial charge on any atom is 0.0497 e. The Balaban J connectivity index is 2.11. The molecule has 2 aromatic carbocycles. The van der Waals surface area contributed by atoms with Crippen molar-refractivity contribution in [2.24, 2.45) is 0 Å². The molecule has 0 saturated heterocycles. The topological polar surface area (TPSA) is 0 Å². The lowest BCUT2D eigenvalue weighted by Crippen LogP contribution is -1.88. The quantitative estimate of drug-likeness (QED) is 0.564. The third kappa shape index (κ3) is 1.78. The zero-order valence-electron chi connectivity index (χ0n) is 7.66. The maximum atomic E-state index is 5.93. The molecular weight excluding hydrogens is 244 g/mol. The fourth-order valence-electron chi connectivity index (χ4n) is 1.44. The van der Waals surface area contributed by atoms with Crippen LogP contribution in [0.25, 0.3) is 0 Å². The second kappa shape index (κ2) is 3.78. The van der Waals surface area contributed by atoms with Crippen LogP contribution in [0.3, 0.4) is 0 Å². The average Bonchev–Trinajstić information content (AvgIpc) is 2.26. The lowest BCUT2D eigenvalue weighted by atomic mass is 10.3. The fourth-order valence-corrected chi connectivity index (χ4v) is 3.85. The van der Waals surface area contributed by atoms with Crippen molar-refractivity contribution in [2.45, 2.75) is 19.6 Å². The molecule has 0 amide bonds. The summed E-state index contributed by atoms with van der Waals surface area (Å²) in [6.45, 7) is 0. The molecule has 3 rings (SSSR count). The van der Waals surface area contributed by atoms with Gasteiger partial charge in [-0.25, -0.2) is 0 Å². The van der Waals surface area contributed by atoms with E-state index in [4.69, 9.17) is 11.6 Å². The Kier molecular flexibility index (Phi) is 2.43. The van der Waals surface area contributed by atoms with Gasteiger partial charge in [-0.05, 0) is 24.3 Å². The lowest BCUT2D eigenvalue weighted by Gasteiger charge is -2.17. The summed E-state index contributed by atoms with van der Waals surface area (Å²) < 4.78 is 0. The Morgan fingerprint density at radius 3 is 2.40 bits per heavy atom. The second-order valence-corrected chi connectivity index (χ2v) is 5.69. The van der Waals surface area contributed by atoms with E-state index >= 15 is 0 Å². The Morgan fingerprint density at radius 2 is 1.60 bits per heavy atom. The van der Waals surface area contributed by atoms with Gasteiger partial charge >= 0.3 is 0 Å². The third-order valence-corrected chi connectivity index (χ3v) is 4.84. The molecule has 1 aliphatic heterocycles. The molecule has 0 unspecified atom stereocenters. The second-order valence-electron chi connectivity index (χ2n) is 3.15. The van der Waals surface area contributed by atoms with Gasteiger partial charge in [-0.1, -0.05) is 47.3 Å².